The molecule has 0 saturated carbocycles. The number of aromatic nitrogens is 3. The Hall–Kier alpha value is -2.37. The maximum atomic E-state index is 12.3. The lowest BCUT2D eigenvalue weighted by Crippen LogP contribution is -2.30. The molecule has 0 saturated heterocycles. The van der Waals surface area contributed by atoms with E-state index in [-0.39, 0.29) is 12.1 Å². The van der Waals surface area contributed by atoms with E-state index in [1.807, 2.05) is 17.7 Å². The van der Waals surface area contributed by atoms with E-state index in [2.05, 4.69) is 4.98 Å². The predicted molar refractivity (Wildman–Crippen MR) is 74.1 cm³/mol. The van der Waals surface area contributed by atoms with Crippen LogP contribution in [0.25, 0.3) is 0 Å². The zero-order valence-corrected chi connectivity index (χ0v) is 11.8. The third kappa shape index (κ3) is 2.36. The summed E-state index contributed by atoms with van der Waals surface area (Å²) in [6, 6.07) is 1.71. The molecule has 1 N–H and O–H groups in total. The third-order valence-corrected chi connectivity index (χ3v) is 3.36. The van der Waals surface area contributed by atoms with Gasteiger partial charge in [-0.05, 0) is 32.4 Å². The van der Waals surface area contributed by atoms with Crippen molar-refractivity contribution in [1.29, 1.82) is 0 Å². The highest BCUT2D eigenvalue weighted by Gasteiger charge is 2.17. The standard InChI is InChI=1S/C14H17N3O3/c1-4-16-6-5-15-11(16)8-17-10(3)7-9(2)12(13(17)18)14(19)20/h5-7H,4,8H2,1-3H3,(H,19,20). The van der Waals surface area contributed by atoms with Crippen molar-refractivity contribution < 1.29 is 9.90 Å². The van der Waals surface area contributed by atoms with Crippen molar-refractivity contribution in [2.24, 2.45) is 0 Å². The smallest absolute Gasteiger partial charge is 0.341 e. The fourth-order valence-electron chi connectivity index (χ4n) is 2.30. The topological polar surface area (TPSA) is 77.1 Å². The summed E-state index contributed by atoms with van der Waals surface area (Å²) < 4.78 is 3.37. The number of aryl methyl sites for hydroxylation is 3. The molecule has 2 rings (SSSR count). The van der Waals surface area contributed by atoms with Crippen LogP contribution < -0.4 is 5.56 Å². The fourth-order valence-corrected chi connectivity index (χ4v) is 2.30. The molecule has 2 heterocycles. The van der Waals surface area contributed by atoms with Gasteiger partial charge < -0.3 is 14.2 Å². The molecule has 0 amide bonds. The highest BCUT2D eigenvalue weighted by atomic mass is 16.4. The quantitative estimate of drug-likeness (QED) is 0.915. The van der Waals surface area contributed by atoms with Crippen molar-refractivity contribution in [2.75, 3.05) is 0 Å². The van der Waals surface area contributed by atoms with Gasteiger partial charge in [-0.3, -0.25) is 4.79 Å². The molecule has 0 unspecified atom stereocenters. The first-order chi connectivity index (χ1) is 9.45. The molecule has 20 heavy (non-hydrogen) atoms. The molecule has 0 aromatic carbocycles. The van der Waals surface area contributed by atoms with E-state index in [4.69, 9.17) is 5.11 Å². The first-order valence-corrected chi connectivity index (χ1v) is 6.40. The minimum Gasteiger partial charge on any atom is -0.477 e. The monoisotopic (exact) mass is 275 g/mol. The number of carbonyl (C=O) groups is 1. The Morgan fingerprint density at radius 3 is 2.70 bits per heavy atom. The van der Waals surface area contributed by atoms with E-state index < -0.39 is 11.5 Å². The number of nitrogens with zero attached hydrogens (tertiary/aromatic N) is 3. The molecular weight excluding hydrogens is 258 g/mol. The van der Waals surface area contributed by atoms with E-state index >= 15 is 0 Å². The summed E-state index contributed by atoms with van der Waals surface area (Å²) in [5, 5.41) is 9.15. The van der Waals surface area contributed by atoms with Crippen molar-refractivity contribution in [3.8, 4) is 0 Å². The van der Waals surface area contributed by atoms with Crippen LogP contribution in [0.1, 0.15) is 34.4 Å². The van der Waals surface area contributed by atoms with Crippen LogP contribution in [0.4, 0.5) is 0 Å². The van der Waals surface area contributed by atoms with Gasteiger partial charge in [-0.1, -0.05) is 0 Å². The fraction of sp³-hybridized carbons (Fsp3) is 0.357. The van der Waals surface area contributed by atoms with Crippen molar-refractivity contribution in [2.45, 2.75) is 33.9 Å². The number of carboxylic acids is 1. The Bertz CT molecular complexity index is 713. The molecule has 6 nitrogen and oxygen atoms in total. The van der Waals surface area contributed by atoms with Gasteiger partial charge in [0.1, 0.15) is 11.4 Å². The second-order valence-electron chi connectivity index (χ2n) is 4.67. The first kappa shape index (κ1) is 14.0. The summed E-state index contributed by atoms with van der Waals surface area (Å²) in [5.41, 5.74) is 0.545. The molecular formula is C14H17N3O3. The molecule has 2 aromatic heterocycles. The molecule has 106 valence electrons. The van der Waals surface area contributed by atoms with Crippen LogP contribution >= 0.6 is 0 Å². The molecule has 0 aliphatic rings. The minimum absolute atomic E-state index is 0.176. The lowest BCUT2D eigenvalue weighted by Gasteiger charge is -2.13. The van der Waals surface area contributed by atoms with Crippen LogP contribution in [-0.4, -0.2) is 25.2 Å². The van der Waals surface area contributed by atoms with Gasteiger partial charge in [0.05, 0.1) is 6.54 Å². The number of rotatable bonds is 4. The normalized spacial score (nSPS) is 10.8. The average molecular weight is 275 g/mol. The van der Waals surface area contributed by atoms with Crippen LogP contribution in [0.2, 0.25) is 0 Å². The summed E-state index contributed by atoms with van der Waals surface area (Å²) in [7, 11) is 0. The molecule has 0 bridgehead atoms. The van der Waals surface area contributed by atoms with Crippen LogP contribution in [-0.2, 0) is 13.1 Å². The predicted octanol–water partition coefficient (Wildman–Crippen LogP) is 1.43. The van der Waals surface area contributed by atoms with E-state index in [1.54, 1.807) is 26.1 Å². The zero-order valence-electron chi connectivity index (χ0n) is 11.8. The maximum Gasteiger partial charge on any atom is 0.341 e. The Morgan fingerprint density at radius 1 is 1.40 bits per heavy atom. The second-order valence-corrected chi connectivity index (χ2v) is 4.67. The van der Waals surface area contributed by atoms with Gasteiger partial charge in [-0.15, -0.1) is 0 Å². The van der Waals surface area contributed by atoms with Crippen molar-refractivity contribution in [1.82, 2.24) is 14.1 Å². The largest absolute Gasteiger partial charge is 0.477 e. The van der Waals surface area contributed by atoms with E-state index in [0.717, 1.165) is 18.1 Å². The molecule has 0 aliphatic carbocycles. The van der Waals surface area contributed by atoms with Crippen molar-refractivity contribution >= 4 is 5.97 Å². The molecule has 0 spiro atoms. The van der Waals surface area contributed by atoms with Crippen LogP contribution in [0.15, 0.2) is 23.3 Å². The van der Waals surface area contributed by atoms with Gasteiger partial charge >= 0.3 is 5.97 Å². The van der Waals surface area contributed by atoms with Gasteiger partial charge in [0, 0.05) is 24.6 Å². The molecule has 0 atom stereocenters. The van der Waals surface area contributed by atoms with Gasteiger partial charge in [-0.2, -0.15) is 0 Å². The second kappa shape index (κ2) is 5.32. The van der Waals surface area contributed by atoms with Crippen molar-refractivity contribution in [3.05, 3.63) is 51.5 Å². The number of imidazole rings is 1. The first-order valence-electron chi connectivity index (χ1n) is 6.40. The molecule has 0 radical (unpaired) electrons. The number of carboxylic acid groups (broad SMARTS) is 1. The Kier molecular flexibility index (Phi) is 3.74. The van der Waals surface area contributed by atoms with E-state index in [1.165, 1.54) is 4.57 Å². The van der Waals surface area contributed by atoms with Gasteiger partial charge in [0.2, 0.25) is 0 Å². The van der Waals surface area contributed by atoms with Crippen LogP contribution in [0.5, 0.6) is 0 Å². The zero-order chi connectivity index (χ0) is 14.9. The molecule has 0 fully saturated rings. The lowest BCUT2D eigenvalue weighted by molar-refractivity contribution is 0.0693. The van der Waals surface area contributed by atoms with Gasteiger partial charge in [0.15, 0.2) is 0 Å². The van der Waals surface area contributed by atoms with Gasteiger partial charge in [-0.25, -0.2) is 9.78 Å². The Balaban J connectivity index is 2.55. The molecule has 0 aliphatic heterocycles. The summed E-state index contributed by atoms with van der Waals surface area (Å²) >= 11 is 0. The SMILES string of the molecule is CCn1ccnc1Cn1c(C)cc(C)c(C(=O)O)c1=O. The number of hydrogen-bond donors (Lipinski definition) is 1. The highest BCUT2D eigenvalue weighted by molar-refractivity contribution is 5.88. The van der Waals surface area contributed by atoms with E-state index in [9.17, 15) is 9.59 Å². The summed E-state index contributed by atoms with van der Waals surface area (Å²) in [5.74, 6) is -0.460. The molecule has 6 heteroatoms. The lowest BCUT2D eigenvalue weighted by atomic mass is 10.1. The van der Waals surface area contributed by atoms with E-state index in [0.29, 0.717) is 5.56 Å². The number of hydrogen-bond acceptors (Lipinski definition) is 3. The summed E-state index contributed by atoms with van der Waals surface area (Å²) in [6.45, 7) is 6.43. The average Bonchev–Trinajstić information content (AvgIpc) is 2.80. The highest BCUT2D eigenvalue weighted by Crippen LogP contribution is 2.08. The summed E-state index contributed by atoms with van der Waals surface area (Å²) in [4.78, 5) is 27.7. The molecule has 2 aromatic rings. The van der Waals surface area contributed by atoms with Crippen molar-refractivity contribution in [3.63, 3.8) is 0 Å². The number of pyridine rings is 1. The van der Waals surface area contributed by atoms with Crippen LogP contribution in [0.3, 0.4) is 0 Å². The van der Waals surface area contributed by atoms with Crippen LogP contribution in [0, 0.1) is 13.8 Å². The Morgan fingerprint density at radius 2 is 2.10 bits per heavy atom. The minimum atomic E-state index is -1.19. The summed E-state index contributed by atoms with van der Waals surface area (Å²) in [6.07, 6.45) is 3.51. The maximum absolute atomic E-state index is 12.3. The number of aromatic carboxylic acids is 1. The van der Waals surface area contributed by atoms with Gasteiger partial charge in [0.25, 0.3) is 5.56 Å². The Labute approximate surface area is 116 Å². The third-order valence-electron chi connectivity index (χ3n) is 3.36.